The lowest BCUT2D eigenvalue weighted by atomic mass is 10.5. The van der Waals surface area contributed by atoms with Crippen LogP contribution in [0.25, 0.3) is 0 Å². The molecular formula is C6H14N4O. The van der Waals surface area contributed by atoms with Gasteiger partial charge in [0.15, 0.2) is 5.96 Å². The van der Waals surface area contributed by atoms with E-state index < -0.39 is 0 Å². The Morgan fingerprint density at radius 2 is 2.09 bits per heavy atom. The van der Waals surface area contributed by atoms with Crippen LogP contribution in [0.4, 0.5) is 0 Å². The van der Waals surface area contributed by atoms with E-state index in [-0.39, 0.29) is 11.9 Å². The van der Waals surface area contributed by atoms with Gasteiger partial charge in [-0.25, -0.2) is 0 Å². The van der Waals surface area contributed by atoms with Gasteiger partial charge in [-0.3, -0.25) is 9.79 Å². The molecule has 0 radical (unpaired) electrons. The summed E-state index contributed by atoms with van der Waals surface area (Å²) in [6.07, 6.45) is 0. The molecule has 0 aromatic carbocycles. The number of nitrogens with two attached hydrogens (primary N) is 2. The zero-order valence-electron chi connectivity index (χ0n) is 6.87. The monoisotopic (exact) mass is 158 g/mol. The first-order chi connectivity index (χ1) is 5.04. The van der Waals surface area contributed by atoms with E-state index in [1.165, 1.54) is 6.92 Å². The van der Waals surface area contributed by atoms with E-state index in [0.717, 1.165) is 0 Å². The number of likely N-dealkylation sites (N-methyl/N-ethyl adjacent to an activating group) is 1. The van der Waals surface area contributed by atoms with Crippen LogP contribution >= 0.6 is 0 Å². The van der Waals surface area contributed by atoms with Gasteiger partial charge >= 0.3 is 0 Å². The van der Waals surface area contributed by atoms with Gasteiger partial charge in [-0.2, -0.15) is 0 Å². The summed E-state index contributed by atoms with van der Waals surface area (Å²) in [5.74, 6) is 0.0674. The first-order valence-corrected chi connectivity index (χ1v) is 3.31. The molecule has 64 valence electrons. The van der Waals surface area contributed by atoms with E-state index >= 15 is 0 Å². The van der Waals surface area contributed by atoms with Crippen molar-refractivity contribution in [1.29, 1.82) is 0 Å². The zero-order valence-corrected chi connectivity index (χ0v) is 6.87. The predicted octanol–water partition coefficient (Wildman–Crippen LogP) is -1.26. The number of aliphatic imine (C=N–C) groups is 1. The maximum atomic E-state index is 10.6. The maximum absolute atomic E-state index is 10.6. The van der Waals surface area contributed by atoms with E-state index in [1.54, 1.807) is 11.9 Å². The normalized spacial score (nSPS) is 8.91. The first-order valence-electron chi connectivity index (χ1n) is 3.31. The fourth-order valence-electron chi connectivity index (χ4n) is 0.487. The second-order valence-corrected chi connectivity index (χ2v) is 2.25. The van der Waals surface area contributed by atoms with Gasteiger partial charge in [-0.15, -0.1) is 0 Å². The van der Waals surface area contributed by atoms with Gasteiger partial charge in [0.25, 0.3) is 0 Å². The van der Waals surface area contributed by atoms with Crippen molar-refractivity contribution in [3.8, 4) is 0 Å². The number of carbonyl (C=O) groups excluding carboxylic acids is 1. The number of nitrogens with zero attached hydrogens (tertiary/aromatic N) is 2. The van der Waals surface area contributed by atoms with Gasteiger partial charge in [-0.05, 0) is 0 Å². The summed E-state index contributed by atoms with van der Waals surface area (Å²) in [6.45, 7) is 2.50. The van der Waals surface area contributed by atoms with Crippen molar-refractivity contribution in [2.24, 2.45) is 16.5 Å². The van der Waals surface area contributed by atoms with Gasteiger partial charge in [-0.1, -0.05) is 0 Å². The van der Waals surface area contributed by atoms with Crippen molar-refractivity contribution >= 4 is 11.9 Å². The molecule has 0 aromatic heterocycles. The number of hydrogen-bond acceptors (Lipinski definition) is 2. The summed E-state index contributed by atoms with van der Waals surface area (Å²) in [4.78, 5) is 15.9. The topological polar surface area (TPSA) is 84.7 Å². The number of guanidine groups is 1. The van der Waals surface area contributed by atoms with Crippen LogP contribution < -0.4 is 11.5 Å². The highest BCUT2D eigenvalue weighted by Crippen LogP contribution is 1.82. The summed E-state index contributed by atoms with van der Waals surface area (Å²) in [5.41, 5.74) is 10.2. The fraction of sp³-hybridized carbons (Fsp3) is 0.667. The average Bonchev–Trinajstić information content (AvgIpc) is 1.86. The van der Waals surface area contributed by atoms with Crippen LogP contribution in [0.15, 0.2) is 4.99 Å². The lowest BCUT2D eigenvalue weighted by molar-refractivity contribution is -0.127. The molecule has 0 unspecified atom stereocenters. The van der Waals surface area contributed by atoms with Crippen LogP contribution in [0.3, 0.4) is 0 Å². The Morgan fingerprint density at radius 1 is 1.55 bits per heavy atom. The van der Waals surface area contributed by atoms with Crippen LogP contribution in [-0.4, -0.2) is 36.9 Å². The van der Waals surface area contributed by atoms with Crippen LogP contribution in [0.1, 0.15) is 6.92 Å². The van der Waals surface area contributed by atoms with E-state index in [0.29, 0.717) is 13.1 Å². The fourth-order valence-corrected chi connectivity index (χ4v) is 0.487. The van der Waals surface area contributed by atoms with Crippen molar-refractivity contribution < 1.29 is 4.79 Å². The van der Waals surface area contributed by atoms with Crippen molar-refractivity contribution in [3.63, 3.8) is 0 Å². The van der Waals surface area contributed by atoms with Gasteiger partial charge < -0.3 is 16.4 Å². The summed E-state index contributed by atoms with van der Waals surface area (Å²) >= 11 is 0. The smallest absolute Gasteiger partial charge is 0.219 e. The summed E-state index contributed by atoms with van der Waals surface area (Å²) in [7, 11) is 1.70. The molecule has 0 fully saturated rings. The minimum atomic E-state index is 0.00999. The molecule has 0 aliphatic carbocycles. The van der Waals surface area contributed by atoms with E-state index in [1.807, 2.05) is 0 Å². The second kappa shape index (κ2) is 4.54. The SMILES string of the molecule is CC(=O)N(C)CCN=C(N)N. The van der Waals surface area contributed by atoms with Crippen molar-refractivity contribution in [2.45, 2.75) is 6.92 Å². The van der Waals surface area contributed by atoms with Crippen LogP contribution in [0.2, 0.25) is 0 Å². The number of amides is 1. The van der Waals surface area contributed by atoms with Crippen LogP contribution in [0, 0.1) is 0 Å². The Balaban J connectivity index is 3.55. The molecule has 0 bridgehead atoms. The number of carbonyl (C=O) groups is 1. The lowest BCUT2D eigenvalue weighted by Crippen LogP contribution is -2.29. The molecular weight excluding hydrogens is 144 g/mol. The third-order valence-electron chi connectivity index (χ3n) is 1.27. The predicted molar refractivity (Wildman–Crippen MR) is 44.0 cm³/mol. The van der Waals surface area contributed by atoms with Gasteiger partial charge in [0.2, 0.25) is 5.91 Å². The maximum Gasteiger partial charge on any atom is 0.219 e. The molecule has 1 amide bonds. The molecule has 0 aliphatic rings. The van der Waals surface area contributed by atoms with Gasteiger partial charge in [0.1, 0.15) is 0 Å². The highest BCUT2D eigenvalue weighted by atomic mass is 16.2. The van der Waals surface area contributed by atoms with Crippen LogP contribution in [0.5, 0.6) is 0 Å². The Hall–Kier alpha value is -1.26. The lowest BCUT2D eigenvalue weighted by Gasteiger charge is -2.12. The molecule has 0 atom stereocenters. The quantitative estimate of drug-likeness (QED) is 0.397. The van der Waals surface area contributed by atoms with E-state index in [4.69, 9.17) is 11.5 Å². The van der Waals surface area contributed by atoms with Crippen LogP contribution in [-0.2, 0) is 4.79 Å². The van der Waals surface area contributed by atoms with Crippen molar-refractivity contribution in [3.05, 3.63) is 0 Å². The van der Waals surface area contributed by atoms with Gasteiger partial charge in [0, 0.05) is 20.5 Å². The molecule has 0 saturated heterocycles. The van der Waals surface area contributed by atoms with Crippen molar-refractivity contribution in [2.75, 3.05) is 20.1 Å². The summed E-state index contributed by atoms with van der Waals surface area (Å²) < 4.78 is 0. The molecule has 0 rings (SSSR count). The highest BCUT2D eigenvalue weighted by molar-refractivity contribution is 5.75. The Morgan fingerprint density at radius 3 is 2.45 bits per heavy atom. The molecule has 5 heteroatoms. The minimum absolute atomic E-state index is 0.00999. The molecule has 0 aliphatic heterocycles. The van der Waals surface area contributed by atoms with E-state index in [9.17, 15) is 4.79 Å². The number of rotatable bonds is 3. The van der Waals surface area contributed by atoms with Crippen molar-refractivity contribution in [1.82, 2.24) is 4.90 Å². The summed E-state index contributed by atoms with van der Waals surface area (Å²) in [6, 6.07) is 0. The average molecular weight is 158 g/mol. The Labute approximate surface area is 66.1 Å². The molecule has 0 spiro atoms. The third kappa shape index (κ3) is 5.20. The minimum Gasteiger partial charge on any atom is -0.370 e. The van der Waals surface area contributed by atoms with Gasteiger partial charge in [0.05, 0.1) is 6.54 Å². The summed E-state index contributed by atoms with van der Waals surface area (Å²) in [5, 5.41) is 0. The van der Waals surface area contributed by atoms with E-state index in [2.05, 4.69) is 4.99 Å². The Kier molecular flexibility index (Phi) is 4.02. The molecule has 4 N–H and O–H groups in total. The zero-order chi connectivity index (χ0) is 8.85. The molecule has 0 heterocycles. The molecule has 0 saturated carbocycles. The molecule has 5 nitrogen and oxygen atoms in total. The highest BCUT2D eigenvalue weighted by Gasteiger charge is 1.98. The molecule has 0 aromatic rings. The second-order valence-electron chi connectivity index (χ2n) is 2.25. The standard InChI is InChI=1S/C6H14N4O/c1-5(11)10(2)4-3-9-6(7)8/h3-4H2,1-2H3,(H4,7,8,9). The number of hydrogen-bond donors (Lipinski definition) is 2. The first kappa shape index (κ1) is 9.74. The third-order valence-corrected chi connectivity index (χ3v) is 1.27. The Bertz CT molecular complexity index is 162. The largest absolute Gasteiger partial charge is 0.370 e. The molecule has 11 heavy (non-hydrogen) atoms.